The molecule has 1 aromatic rings. The highest BCUT2D eigenvalue weighted by molar-refractivity contribution is 5.90. The highest BCUT2D eigenvalue weighted by Crippen LogP contribution is 2.22. The number of benzene rings is 1. The molecule has 1 saturated heterocycles. The van der Waals surface area contributed by atoms with Crippen LogP contribution in [0.1, 0.15) is 19.3 Å². The van der Waals surface area contributed by atoms with Gasteiger partial charge in [0, 0.05) is 13.2 Å². The minimum absolute atomic E-state index is 0.220. The molecule has 1 atom stereocenters. The van der Waals surface area contributed by atoms with E-state index >= 15 is 0 Å². The van der Waals surface area contributed by atoms with Crippen LogP contribution in [0.5, 0.6) is 5.75 Å². The fraction of sp³-hybridized carbons (Fsp3) is 0.500. The molecule has 1 aromatic carbocycles. The smallest absolute Gasteiger partial charge is 0.319 e. The summed E-state index contributed by atoms with van der Waals surface area (Å²) in [6.07, 6.45) is 3.37. The lowest BCUT2D eigenvalue weighted by Gasteiger charge is -2.12. The number of para-hydroxylation sites is 2. The van der Waals surface area contributed by atoms with Crippen molar-refractivity contribution in [2.45, 2.75) is 25.4 Å². The van der Waals surface area contributed by atoms with Crippen LogP contribution in [0.15, 0.2) is 24.3 Å². The van der Waals surface area contributed by atoms with Crippen molar-refractivity contribution >= 4 is 11.7 Å². The lowest BCUT2D eigenvalue weighted by atomic mass is 10.2. The number of carbonyl (C=O) groups excluding carboxylic acids is 1. The van der Waals surface area contributed by atoms with E-state index in [4.69, 9.17) is 9.47 Å². The summed E-state index contributed by atoms with van der Waals surface area (Å²) in [5.74, 6) is 0.650. The molecule has 0 saturated carbocycles. The SMILES string of the molecule is COc1ccccc1NC(=O)NCCC1CCCO1. The third-order valence-corrected chi connectivity index (χ3v) is 3.13. The van der Waals surface area contributed by atoms with Crippen molar-refractivity contribution in [3.05, 3.63) is 24.3 Å². The molecule has 0 bridgehead atoms. The van der Waals surface area contributed by atoms with Gasteiger partial charge in [-0.15, -0.1) is 0 Å². The molecule has 0 spiro atoms. The van der Waals surface area contributed by atoms with Gasteiger partial charge in [0.2, 0.25) is 0 Å². The van der Waals surface area contributed by atoms with E-state index in [9.17, 15) is 4.79 Å². The maximum absolute atomic E-state index is 11.7. The van der Waals surface area contributed by atoms with Crippen molar-refractivity contribution in [2.24, 2.45) is 0 Å². The monoisotopic (exact) mass is 264 g/mol. The second kappa shape index (κ2) is 6.99. The summed E-state index contributed by atoms with van der Waals surface area (Å²) in [6.45, 7) is 1.46. The van der Waals surface area contributed by atoms with Gasteiger partial charge >= 0.3 is 6.03 Å². The number of methoxy groups -OCH3 is 1. The van der Waals surface area contributed by atoms with Crippen LogP contribution in [0.3, 0.4) is 0 Å². The Labute approximate surface area is 113 Å². The van der Waals surface area contributed by atoms with E-state index < -0.39 is 0 Å². The van der Waals surface area contributed by atoms with Crippen LogP contribution < -0.4 is 15.4 Å². The molecule has 19 heavy (non-hydrogen) atoms. The van der Waals surface area contributed by atoms with Gasteiger partial charge in [0.25, 0.3) is 0 Å². The Morgan fingerprint density at radius 1 is 1.47 bits per heavy atom. The molecule has 104 valence electrons. The van der Waals surface area contributed by atoms with Gasteiger partial charge in [-0.05, 0) is 31.4 Å². The van der Waals surface area contributed by atoms with E-state index in [0.29, 0.717) is 24.1 Å². The van der Waals surface area contributed by atoms with Crippen LogP contribution in [0.25, 0.3) is 0 Å². The topological polar surface area (TPSA) is 59.6 Å². The maximum Gasteiger partial charge on any atom is 0.319 e. The Morgan fingerprint density at radius 3 is 3.05 bits per heavy atom. The largest absolute Gasteiger partial charge is 0.495 e. The van der Waals surface area contributed by atoms with Crippen LogP contribution in [-0.2, 0) is 4.74 Å². The first-order valence-electron chi connectivity index (χ1n) is 6.59. The molecular formula is C14H20N2O3. The number of carbonyl (C=O) groups is 1. The Hall–Kier alpha value is -1.75. The Morgan fingerprint density at radius 2 is 2.32 bits per heavy atom. The molecule has 1 unspecified atom stereocenters. The normalized spacial score (nSPS) is 18.1. The van der Waals surface area contributed by atoms with Gasteiger partial charge < -0.3 is 20.1 Å². The zero-order valence-electron chi connectivity index (χ0n) is 11.1. The fourth-order valence-electron chi connectivity index (χ4n) is 2.13. The molecule has 1 aliphatic heterocycles. The van der Waals surface area contributed by atoms with Crippen molar-refractivity contribution in [3.8, 4) is 5.75 Å². The number of anilines is 1. The van der Waals surface area contributed by atoms with Gasteiger partial charge in [-0.1, -0.05) is 12.1 Å². The predicted molar refractivity (Wildman–Crippen MR) is 73.6 cm³/mol. The zero-order chi connectivity index (χ0) is 13.5. The van der Waals surface area contributed by atoms with E-state index in [-0.39, 0.29) is 6.03 Å². The minimum Gasteiger partial charge on any atom is -0.495 e. The summed E-state index contributed by atoms with van der Waals surface area (Å²) in [7, 11) is 1.58. The molecule has 2 N–H and O–H groups in total. The van der Waals surface area contributed by atoms with Crippen molar-refractivity contribution in [1.29, 1.82) is 0 Å². The average molecular weight is 264 g/mol. The summed E-state index contributed by atoms with van der Waals surface area (Å²) >= 11 is 0. The summed E-state index contributed by atoms with van der Waals surface area (Å²) < 4.78 is 10.7. The van der Waals surface area contributed by atoms with Gasteiger partial charge in [0.15, 0.2) is 0 Å². The number of amides is 2. The molecular weight excluding hydrogens is 244 g/mol. The van der Waals surface area contributed by atoms with Crippen LogP contribution in [0.2, 0.25) is 0 Å². The van der Waals surface area contributed by atoms with Gasteiger partial charge in [0.1, 0.15) is 5.75 Å². The van der Waals surface area contributed by atoms with E-state index in [1.165, 1.54) is 0 Å². The van der Waals surface area contributed by atoms with Gasteiger partial charge in [-0.25, -0.2) is 4.79 Å². The highest BCUT2D eigenvalue weighted by Gasteiger charge is 2.15. The standard InChI is InChI=1S/C14H20N2O3/c1-18-13-7-3-2-6-12(13)16-14(17)15-9-8-11-5-4-10-19-11/h2-3,6-7,11H,4-5,8-10H2,1H3,(H2,15,16,17). The molecule has 5 nitrogen and oxygen atoms in total. The molecule has 1 heterocycles. The predicted octanol–water partition coefficient (Wildman–Crippen LogP) is 2.39. The average Bonchev–Trinajstić information content (AvgIpc) is 2.92. The summed E-state index contributed by atoms with van der Waals surface area (Å²) in [5.41, 5.74) is 0.666. The number of urea groups is 1. The van der Waals surface area contributed by atoms with Crippen molar-refractivity contribution in [2.75, 3.05) is 25.6 Å². The van der Waals surface area contributed by atoms with Crippen molar-refractivity contribution in [3.63, 3.8) is 0 Å². The Kier molecular flexibility index (Phi) is 5.03. The first kappa shape index (κ1) is 13.7. The van der Waals surface area contributed by atoms with E-state index in [1.807, 2.05) is 18.2 Å². The van der Waals surface area contributed by atoms with E-state index in [1.54, 1.807) is 13.2 Å². The molecule has 1 aliphatic rings. The summed E-state index contributed by atoms with van der Waals surface area (Å²) in [5, 5.41) is 5.59. The number of hydrogen-bond acceptors (Lipinski definition) is 3. The maximum atomic E-state index is 11.7. The molecule has 5 heteroatoms. The second-order valence-electron chi connectivity index (χ2n) is 4.50. The first-order valence-corrected chi connectivity index (χ1v) is 6.59. The van der Waals surface area contributed by atoms with Gasteiger partial charge in [0.05, 0.1) is 18.9 Å². The lowest BCUT2D eigenvalue weighted by molar-refractivity contribution is 0.105. The van der Waals surface area contributed by atoms with Crippen molar-refractivity contribution < 1.29 is 14.3 Å². The van der Waals surface area contributed by atoms with Crippen LogP contribution >= 0.6 is 0 Å². The number of nitrogens with one attached hydrogen (secondary N) is 2. The summed E-state index contributed by atoms with van der Waals surface area (Å²) in [4.78, 5) is 11.7. The zero-order valence-corrected chi connectivity index (χ0v) is 11.1. The van der Waals surface area contributed by atoms with E-state index in [0.717, 1.165) is 25.9 Å². The molecule has 1 fully saturated rings. The lowest BCUT2D eigenvalue weighted by Crippen LogP contribution is -2.31. The second-order valence-corrected chi connectivity index (χ2v) is 4.50. The number of hydrogen-bond donors (Lipinski definition) is 2. The van der Waals surface area contributed by atoms with Crippen LogP contribution in [-0.4, -0.2) is 32.4 Å². The van der Waals surface area contributed by atoms with Crippen LogP contribution in [0, 0.1) is 0 Å². The molecule has 2 rings (SSSR count). The fourth-order valence-corrected chi connectivity index (χ4v) is 2.13. The Balaban J connectivity index is 1.74. The first-order chi connectivity index (χ1) is 9.29. The quantitative estimate of drug-likeness (QED) is 0.858. The van der Waals surface area contributed by atoms with E-state index in [2.05, 4.69) is 10.6 Å². The van der Waals surface area contributed by atoms with Crippen molar-refractivity contribution in [1.82, 2.24) is 5.32 Å². The highest BCUT2D eigenvalue weighted by atomic mass is 16.5. The third kappa shape index (κ3) is 4.13. The number of ether oxygens (including phenoxy) is 2. The Bertz CT molecular complexity index is 417. The minimum atomic E-state index is -0.220. The van der Waals surface area contributed by atoms with Crippen LogP contribution in [0.4, 0.5) is 10.5 Å². The molecule has 0 aliphatic carbocycles. The molecule has 0 aromatic heterocycles. The summed E-state index contributed by atoms with van der Waals surface area (Å²) in [6, 6.07) is 7.10. The molecule has 2 amide bonds. The number of rotatable bonds is 5. The van der Waals surface area contributed by atoms with Gasteiger partial charge in [-0.2, -0.15) is 0 Å². The molecule has 0 radical (unpaired) electrons. The third-order valence-electron chi connectivity index (χ3n) is 3.13. The van der Waals surface area contributed by atoms with Gasteiger partial charge in [-0.3, -0.25) is 0 Å².